The van der Waals surface area contributed by atoms with Gasteiger partial charge in [0.05, 0.1) is 0 Å². The number of nitrogens with zero attached hydrogens (tertiary/aromatic N) is 1. The molecule has 0 spiro atoms. The van der Waals surface area contributed by atoms with Crippen LogP contribution in [-0.4, -0.2) is 9.55 Å². The third-order valence-electron chi connectivity index (χ3n) is 1.31. The Hall–Kier alpha value is -1.65. The van der Waals surface area contributed by atoms with Crippen LogP contribution in [0, 0.1) is 5.82 Å². The Labute approximate surface area is 94.4 Å². The van der Waals surface area contributed by atoms with E-state index in [-0.39, 0.29) is 5.70 Å². The lowest BCUT2D eigenvalue weighted by Crippen LogP contribution is -2.34. The number of hydrogen-bond donors (Lipinski definition) is 1. The van der Waals surface area contributed by atoms with E-state index in [0.717, 1.165) is 6.20 Å². The molecule has 0 aliphatic heterocycles. The van der Waals surface area contributed by atoms with Gasteiger partial charge in [-0.1, -0.05) is 34.3 Å². The van der Waals surface area contributed by atoms with E-state index in [1.807, 2.05) is 27.7 Å². The minimum absolute atomic E-state index is 0.181. The molecule has 0 fully saturated rings. The highest BCUT2D eigenvalue weighted by molar-refractivity contribution is 5.36. The highest BCUT2D eigenvalue weighted by Crippen LogP contribution is 1.89. The maximum Gasteiger partial charge on any atom is 0.332 e. The highest BCUT2D eigenvalue weighted by atomic mass is 19.1. The van der Waals surface area contributed by atoms with E-state index in [4.69, 9.17) is 0 Å². The van der Waals surface area contributed by atoms with Crippen molar-refractivity contribution in [1.29, 1.82) is 0 Å². The summed E-state index contributed by atoms with van der Waals surface area (Å²) in [6.45, 7) is 12.8. The molecule has 5 heteroatoms. The number of rotatable bonds is 1. The van der Waals surface area contributed by atoms with E-state index in [2.05, 4.69) is 11.6 Å². The first-order valence-electron chi connectivity index (χ1n) is 5.20. The van der Waals surface area contributed by atoms with E-state index >= 15 is 0 Å². The quantitative estimate of drug-likeness (QED) is 0.804. The first kappa shape index (κ1) is 16.8. The van der Waals surface area contributed by atoms with Gasteiger partial charge in [-0.15, -0.1) is 0 Å². The molecule has 0 aromatic carbocycles. The topological polar surface area (TPSA) is 54.9 Å². The fourth-order valence-corrected chi connectivity index (χ4v) is 0.797. The van der Waals surface area contributed by atoms with Crippen molar-refractivity contribution in [3.63, 3.8) is 0 Å². The standard InChI is InChI=1S/C7H7FN2O2.2C2H6/c1-4(2)10-6(11)5(8)3-9-7(10)12;2*1-2/h3H,1H2,2H3,(H,9,12);2*1-2H3. The summed E-state index contributed by atoms with van der Waals surface area (Å²) in [4.78, 5) is 23.9. The summed E-state index contributed by atoms with van der Waals surface area (Å²) in [7, 11) is 0. The van der Waals surface area contributed by atoms with Gasteiger partial charge in [-0.05, 0) is 6.92 Å². The summed E-state index contributed by atoms with van der Waals surface area (Å²) in [6.07, 6.45) is 0.726. The van der Waals surface area contributed by atoms with Gasteiger partial charge in [0.1, 0.15) is 0 Å². The first-order valence-corrected chi connectivity index (χ1v) is 5.20. The van der Waals surface area contributed by atoms with E-state index < -0.39 is 17.1 Å². The van der Waals surface area contributed by atoms with Gasteiger partial charge in [-0.3, -0.25) is 4.79 Å². The molecule has 1 aromatic heterocycles. The molecule has 0 aliphatic rings. The first-order chi connectivity index (χ1) is 7.54. The van der Waals surface area contributed by atoms with Crippen molar-refractivity contribution in [1.82, 2.24) is 9.55 Å². The summed E-state index contributed by atoms with van der Waals surface area (Å²) < 4.78 is 13.2. The Kier molecular flexibility index (Phi) is 9.06. The molecule has 0 unspecified atom stereocenters. The van der Waals surface area contributed by atoms with Crippen molar-refractivity contribution in [2.45, 2.75) is 34.6 Å². The summed E-state index contributed by atoms with van der Waals surface area (Å²) in [5, 5.41) is 0. The predicted molar refractivity (Wildman–Crippen MR) is 65.0 cm³/mol. The maximum absolute atomic E-state index is 12.6. The summed E-state index contributed by atoms with van der Waals surface area (Å²) in [5.74, 6) is -1.00. The smallest absolute Gasteiger partial charge is 0.311 e. The zero-order chi connectivity index (χ0) is 13.3. The maximum atomic E-state index is 12.6. The number of H-pyrrole nitrogens is 1. The summed E-state index contributed by atoms with van der Waals surface area (Å²) in [6, 6.07) is 0. The van der Waals surface area contributed by atoms with Crippen LogP contribution in [0.3, 0.4) is 0 Å². The SMILES string of the molecule is C=C(C)n1c(=O)[nH]cc(F)c1=O.CC.CC. The van der Waals surface area contributed by atoms with Gasteiger partial charge in [-0.2, -0.15) is 4.39 Å². The third kappa shape index (κ3) is 4.25. The van der Waals surface area contributed by atoms with Crippen LogP contribution in [0.5, 0.6) is 0 Å². The Morgan fingerprint density at radius 1 is 1.31 bits per heavy atom. The molecule has 0 bridgehead atoms. The molecular weight excluding hydrogens is 211 g/mol. The number of aromatic amines is 1. The fraction of sp³-hybridized carbons (Fsp3) is 0.455. The van der Waals surface area contributed by atoms with E-state index in [9.17, 15) is 14.0 Å². The molecule has 0 radical (unpaired) electrons. The van der Waals surface area contributed by atoms with E-state index in [1.54, 1.807) is 0 Å². The van der Waals surface area contributed by atoms with Crippen LogP contribution >= 0.6 is 0 Å². The van der Waals surface area contributed by atoms with Crippen LogP contribution in [0.2, 0.25) is 0 Å². The van der Waals surface area contributed by atoms with Crippen LogP contribution in [-0.2, 0) is 0 Å². The fourth-order valence-electron chi connectivity index (χ4n) is 0.797. The molecule has 1 heterocycles. The van der Waals surface area contributed by atoms with E-state index in [1.165, 1.54) is 6.92 Å². The Morgan fingerprint density at radius 3 is 2.06 bits per heavy atom. The average Bonchev–Trinajstić information content (AvgIpc) is 2.29. The Morgan fingerprint density at radius 2 is 1.75 bits per heavy atom. The largest absolute Gasteiger partial charge is 0.332 e. The lowest BCUT2D eigenvalue weighted by Gasteiger charge is -2.00. The molecule has 0 amide bonds. The molecule has 1 aromatic rings. The zero-order valence-electron chi connectivity index (χ0n) is 10.4. The average molecular weight is 230 g/mol. The van der Waals surface area contributed by atoms with Crippen LogP contribution in [0.1, 0.15) is 34.6 Å². The van der Waals surface area contributed by atoms with Gasteiger partial charge in [-0.25, -0.2) is 9.36 Å². The second kappa shape index (κ2) is 8.64. The molecule has 1 N–H and O–H groups in total. The van der Waals surface area contributed by atoms with Gasteiger partial charge >= 0.3 is 5.69 Å². The minimum Gasteiger partial charge on any atom is -0.311 e. The van der Waals surface area contributed by atoms with Crippen molar-refractivity contribution in [2.75, 3.05) is 0 Å². The monoisotopic (exact) mass is 230 g/mol. The lowest BCUT2D eigenvalue weighted by molar-refractivity contribution is 0.585. The van der Waals surface area contributed by atoms with Crippen molar-refractivity contribution in [2.24, 2.45) is 0 Å². The number of halogens is 1. The van der Waals surface area contributed by atoms with Crippen LogP contribution in [0.4, 0.5) is 4.39 Å². The Balaban J connectivity index is 0. The molecule has 4 nitrogen and oxygen atoms in total. The number of hydrogen-bond acceptors (Lipinski definition) is 2. The number of allylic oxidation sites excluding steroid dienone is 1. The van der Waals surface area contributed by atoms with Gasteiger partial charge < -0.3 is 4.98 Å². The van der Waals surface area contributed by atoms with Crippen LogP contribution < -0.4 is 11.2 Å². The lowest BCUT2D eigenvalue weighted by atomic mass is 10.5. The molecule has 16 heavy (non-hydrogen) atoms. The summed E-state index contributed by atoms with van der Waals surface area (Å²) in [5.41, 5.74) is -1.49. The van der Waals surface area contributed by atoms with Crippen molar-refractivity contribution in [3.05, 3.63) is 39.4 Å². The number of aromatic nitrogens is 2. The predicted octanol–water partition coefficient (Wildman–Crippen LogP) is 2.22. The molecule has 0 atom stereocenters. The zero-order valence-corrected chi connectivity index (χ0v) is 10.4. The molecule has 0 saturated heterocycles. The van der Waals surface area contributed by atoms with Gasteiger partial charge in [0, 0.05) is 11.9 Å². The van der Waals surface area contributed by atoms with Gasteiger partial charge in [0.25, 0.3) is 5.56 Å². The van der Waals surface area contributed by atoms with E-state index in [0.29, 0.717) is 4.57 Å². The molecule has 92 valence electrons. The molecule has 1 rings (SSSR count). The van der Waals surface area contributed by atoms with Crippen LogP contribution in [0.25, 0.3) is 5.70 Å². The molecule has 0 aliphatic carbocycles. The third-order valence-corrected chi connectivity index (χ3v) is 1.31. The second-order valence-electron chi connectivity index (χ2n) is 2.32. The van der Waals surface area contributed by atoms with Crippen molar-refractivity contribution < 1.29 is 4.39 Å². The van der Waals surface area contributed by atoms with Gasteiger partial charge in [0.2, 0.25) is 5.82 Å². The van der Waals surface area contributed by atoms with Crippen LogP contribution in [0.15, 0.2) is 22.4 Å². The molecule has 0 saturated carbocycles. The second-order valence-corrected chi connectivity index (χ2v) is 2.32. The highest BCUT2D eigenvalue weighted by Gasteiger charge is 2.05. The van der Waals surface area contributed by atoms with Crippen molar-refractivity contribution in [3.8, 4) is 0 Å². The van der Waals surface area contributed by atoms with Crippen molar-refractivity contribution >= 4 is 5.70 Å². The van der Waals surface area contributed by atoms with Gasteiger partial charge in [0.15, 0.2) is 0 Å². The Bertz CT molecular complexity index is 432. The normalized spacial score (nSPS) is 8.12. The molecular formula is C11H19FN2O2. The summed E-state index contributed by atoms with van der Waals surface area (Å²) >= 11 is 0. The minimum atomic E-state index is -1.00. The number of nitrogens with one attached hydrogen (secondary N) is 1.